The van der Waals surface area contributed by atoms with Gasteiger partial charge in [-0.15, -0.1) is 0 Å². The minimum Gasteiger partial charge on any atom is -0.387 e. The second kappa shape index (κ2) is 4.46. The molecule has 0 unspecified atom stereocenters. The molecule has 17 heavy (non-hydrogen) atoms. The average molecular weight is 259 g/mol. The summed E-state index contributed by atoms with van der Waals surface area (Å²) in [6.07, 6.45) is 0. The summed E-state index contributed by atoms with van der Waals surface area (Å²) in [5.41, 5.74) is 6.22. The molecule has 1 aromatic heterocycles. The van der Waals surface area contributed by atoms with E-state index in [0.29, 0.717) is 11.4 Å². The Morgan fingerprint density at radius 2 is 2.06 bits per heavy atom. The molecule has 0 aliphatic heterocycles. The van der Waals surface area contributed by atoms with Gasteiger partial charge in [-0.3, -0.25) is 10.1 Å². The number of rotatable bonds is 4. The second-order valence-electron chi connectivity index (χ2n) is 3.91. The lowest BCUT2D eigenvalue weighted by atomic mass is 10.4. The summed E-state index contributed by atoms with van der Waals surface area (Å²) in [7, 11) is -0.567. The molecule has 7 nitrogen and oxygen atoms in total. The minimum atomic E-state index is -3.65. The fraction of sp³-hybridized carbons (Fsp3) is 0.556. The molecule has 0 saturated carbocycles. The van der Waals surface area contributed by atoms with E-state index >= 15 is 0 Å². The molecule has 0 saturated heterocycles. The summed E-state index contributed by atoms with van der Waals surface area (Å²) in [6, 6.07) is 0. The van der Waals surface area contributed by atoms with E-state index in [9.17, 15) is 8.42 Å². The van der Waals surface area contributed by atoms with Gasteiger partial charge >= 0.3 is 0 Å². The molecule has 0 bridgehead atoms. The third-order valence-electron chi connectivity index (χ3n) is 2.50. The molecule has 0 aliphatic rings. The predicted octanol–water partition coefficient (Wildman–Crippen LogP) is -0.407. The van der Waals surface area contributed by atoms with Gasteiger partial charge in [0.25, 0.3) is 0 Å². The highest BCUT2D eigenvalue weighted by Crippen LogP contribution is 2.21. The normalized spacial score (nSPS) is 12.1. The molecule has 1 heterocycles. The Labute approximate surface area is 101 Å². The summed E-state index contributed by atoms with van der Waals surface area (Å²) < 4.78 is 27.1. The molecule has 0 fully saturated rings. The van der Waals surface area contributed by atoms with Crippen LogP contribution < -0.4 is 5.73 Å². The quantitative estimate of drug-likeness (QED) is 0.566. The van der Waals surface area contributed by atoms with Crippen LogP contribution in [-0.4, -0.2) is 41.9 Å². The zero-order valence-corrected chi connectivity index (χ0v) is 11.2. The molecule has 0 amide bonds. The zero-order chi connectivity index (χ0) is 13.4. The fourth-order valence-corrected chi connectivity index (χ4v) is 3.15. The monoisotopic (exact) mass is 259 g/mol. The van der Waals surface area contributed by atoms with Gasteiger partial charge in [0.05, 0.1) is 17.9 Å². The van der Waals surface area contributed by atoms with Gasteiger partial charge in [0.15, 0.2) is 0 Å². The van der Waals surface area contributed by atoms with Crippen molar-refractivity contribution in [3.05, 3.63) is 11.4 Å². The fourth-order valence-electron chi connectivity index (χ4n) is 1.61. The van der Waals surface area contributed by atoms with Gasteiger partial charge in [-0.25, -0.2) is 8.42 Å². The van der Waals surface area contributed by atoms with Crippen LogP contribution in [0, 0.1) is 19.3 Å². The van der Waals surface area contributed by atoms with Crippen molar-refractivity contribution < 1.29 is 8.42 Å². The molecule has 8 heteroatoms. The molecule has 0 radical (unpaired) electrons. The zero-order valence-electron chi connectivity index (χ0n) is 10.4. The van der Waals surface area contributed by atoms with Crippen molar-refractivity contribution >= 4 is 15.9 Å². The largest absolute Gasteiger partial charge is 0.387 e. The van der Waals surface area contributed by atoms with Crippen molar-refractivity contribution in [2.75, 3.05) is 13.6 Å². The Morgan fingerprint density at radius 1 is 1.53 bits per heavy atom. The van der Waals surface area contributed by atoms with Crippen LogP contribution in [0.4, 0.5) is 0 Å². The molecule has 96 valence electrons. The Bertz CT molecular complexity index is 546. The van der Waals surface area contributed by atoms with E-state index in [0.717, 1.165) is 4.31 Å². The number of nitrogens with two attached hydrogens (primary N) is 1. The predicted molar refractivity (Wildman–Crippen MR) is 64.4 cm³/mol. The van der Waals surface area contributed by atoms with Crippen LogP contribution in [0.25, 0.3) is 0 Å². The Hall–Kier alpha value is -1.41. The lowest BCUT2D eigenvalue weighted by Crippen LogP contribution is -2.35. The van der Waals surface area contributed by atoms with E-state index in [2.05, 4.69) is 5.10 Å². The highest BCUT2D eigenvalue weighted by molar-refractivity contribution is 7.89. The van der Waals surface area contributed by atoms with Gasteiger partial charge in [0.2, 0.25) is 10.0 Å². The number of hydrogen-bond donors (Lipinski definition) is 2. The van der Waals surface area contributed by atoms with Crippen LogP contribution >= 0.6 is 0 Å². The first kappa shape index (κ1) is 13.7. The van der Waals surface area contributed by atoms with Crippen molar-refractivity contribution in [3.63, 3.8) is 0 Å². The van der Waals surface area contributed by atoms with E-state index in [1.165, 1.54) is 11.7 Å². The number of sulfonamides is 1. The van der Waals surface area contributed by atoms with Crippen molar-refractivity contribution in [1.29, 1.82) is 5.41 Å². The summed E-state index contributed by atoms with van der Waals surface area (Å²) in [5.74, 6) is -0.199. The number of nitrogens with zero attached hydrogens (tertiary/aromatic N) is 3. The van der Waals surface area contributed by atoms with Crippen LogP contribution in [0.2, 0.25) is 0 Å². The Morgan fingerprint density at radius 3 is 2.41 bits per heavy atom. The van der Waals surface area contributed by atoms with Crippen LogP contribution in [0.1, 0.15) is 11.4 Å². The van der Waals surface area contributed by atoms with Gasteiger partial charge in [-0.2, -0.15) is 9.40 Å². The molecule has 1 aromatic rings. The van der Waals surface area contributed by atoms with E-state index < -0.39 is 10.0 Å². The van der Waals surface area contributed by atoms with Crippen LogP contribution in [0.15, 0.2) is 4.90 Å². The van der Waals surface area contributed by atoms with E-state index in [1.54, 1.807) is 20.9 Å². The van der Waals surface area contributed by atoms with Crippen molar-refractivity contribution in [1.82, 2.24) is 14.1 Å². The second-order valence-corrected chi connectivity index (χ2v) is 5.89. The smallest absolute Gasteiger partial charge is 0.246 e. The third-order valence-corrected chi connectivity index (χ3v) is 4.56. The third kappa shape index (κ3) is 2.47. The van der Waals surface area contributed by atoms with Gasteiger partial charge in [-0.1, -0.05) is 0 Å². The first-order chi connectivity index (χ1) is 7.67. The number of amidine groups is 1. The molecule has 0 aliphatic carbocycles. The first-order valence-electron chi connectivity index (χ1n) is 4.97. The Balaban J connectivity index is 3.27. The number of aryl methyl sites for hydroxylation is 2. The lowest BCUT2D eigenvalue weighted by Gasteiger charge is -2.16. The molecule has 0 atom stereocenters. The van der Waals surface area contributed by atoms with Crippen molar-refractivity contribution in [3.8, 4) is 0 Å². The molecule has 0 aromatic carbocycles. The van der Waals surface area contributed by atoms with Gasteiger partial charge in [0.1, 0.15) is 10.7 Å². The standard InChI is InChI=1S/C9H17N5O2S/c1-6-9(7(2)14(4)12-6)17(15,16)13(3)5-8(10)11/h5H2,1-4H3,(H3,10,11). The minimum absolute atomic E-state index is 0.129. The summed E-state index contributed by atoms with van der Waals surface area (Å²) in [4.78, 5) is 0.184. The van der Waals surface area contributed by atoms with Crippen LogP contribution in [0.5, 0.6) is 0 Å². The first-order valence-corrected chi connectivity index (χ1v) is 6.41. The van der Waals surface area contributed by atoms with Crippen molar-refractivity contribution in [2.45, 2.75) is 18.7 Å². The van der Waals surface area contributed by atoms with Gasteiger partial charge in [-0.05, 0) is 13.8 Å². The maximum atomic E-state index is 12.2. The molecular weight excluding hydrogens is 242 g/mol. The average Bonchev–Trinajstić information content (AvgIpc) is 2.39. The number of aromatic nitrogens is 2. The van der Waals surface area contributed by atoms with E-state index in [-0.39, 0.29) is 17.3 Å². The maximum Gasteiger partial charge on any atom is 0.246 e. The number of nitrogens with one attached hydrogen (secondary N) is 1. The summed E-state index contributed by atoms with van der Waals surface area (Å²) in [5, 5.41) is 11.2. The summed E-state index contributed by atoms with van der Waals surface area (Å²) in [6.45, 7) is 3.20. The van der Waals surface area contributed by atoms with Gasteiger partial charge in [0, 0.05) is 14.1 Å². The SMILES string of the molecule is Cc1nn(C)c(C)c1S(=O)(=O)N(C)CC(=N)N. The topological polar surface area (TPSA) is 105 Å². The Kier molecular flexibility index (Phi) is 3.58. The van der Waals surface area contributed by atoms with Crippen LogP contribution in [-0.2, 0) is 17.1 Å². The molecular formula is C9H17N5O2S. The van der Waals surface area contributed by atoms with Gasteiger partial charge < -0.3 is 5.73 Å². The molecule has 3 N–H and O–H groups in total. The number of hydrogen-bond acceptors (Lipinski definition) is 4. The van der Waals surface area contributed by atoms with Crippen LogP contribution in [0.3, 0.4) is 0 Å². The lowest BCUT2D eigenvalue weighted by molar-refractivity contribution is 0.503. The van der Waals surface area contributed by atoms with E-state index in [4.69, 9.17) is 11.1 Å². The number of likely N-dealkylation sites (N-methyl/N-ethyl adjacent to an activating group) is 1. The highest BCUT2D eigenvalue weighted by atomic mass is 32.2. The molecule has 1 rings (SSSR count). The molecule has 0 spiro atoms. The summed E-state index contributed by atoms with van der Waals surface area (Å²) >= 11 is 0. The van der Waals surface area contributed by atoms with E-state index in [1.807, 2.05) is 0 Å². The maximum absolute atomic E-state index is 12.2. The van der Waals surface area contributed by atoms with Crippen molar-refractivity contribution in [2.24, 2.45) is 12.8 Å². The highest BCUT2D eigenvalue weighted by Gasteiger charge is 2.28.